The van der Waals surface area contributed by atoms with Crippen molar-refractivity contribution in [2.24, 2.45) is 5.73 Å². The van der Waals surface area contributed by atoms with Gasteiger partial charge in [0.25, 0.3) is 0 Å². The van der Waals surface area contributed by atoms with E-state index < -0.39 is 6.61 Å². The van der Waals surface area contributed by atoms with Gasteiger partial charge in [0.15, 0.2) is 0 Å². The summed E-state index contributed by atoms with van der Waals surface area (Å²) in [5, 5.41) is 0.811. The van der Waals surface area contributed by atoms with Gasteiger partial charge in [-0.1, -0.05) is 0 Å². The van der Waals surface area contributed by atoms with Crippen molar-refractivity contribution in [3.63, 3.8) is 0 Å². The Labute approximate surface area is 107 Å². The number of nitrogens with zero attached hydrogens (tertiary/aromatic N) is 1. The first-order valence-electron chi connectivity index (χ1n) is 5.33. The summed E-state index contributed by atoms with van der Waals surface area (Å²) in [6, 6.07) is 6.32. The molecule has 0 saturated heterocycles. The van der Waals surface area contributed by atoms with Crippen LogP contribution in [-0.4, -0.2) is 11.6 Å². The lowest BCUT2D eigenvalue weighted by Gasteiger charge is -2.04. The first kappa shape index (κ1) is 12.9. The molecular weight excluding hydrogens is 258 g/mol. The Bertz CT molecular complexity index is 511. The van der Waals surface area contributed by atoms with Crippen LogP contribution in [-0.2, 0) is 0 Å². The lowest BCUT2D eigenvalue weighted by atomic mass is 10.2. The molecule has 1 aromatic heterocycles. The molecule has 6 heteroatoms. The maximum atomic E-state index is 12.0. The van der Waals surface area contributed by atoms with E-state index in [-0.39, 0.29) is 11.8 Å². The normalized spacial score (nSPS) is 12.7. The molecule has 0 saturated carbocycles. The van der Waals surface area contributed by atoms with Crippen LogP contribution >= 0.6 is 11.3 Å². The summed E-state index contributed by atoms with van der Waals surface area (Å²) >= 11 is 1.49. The zero-order valence-electron chi connectivity index (χ0n) is 9.64. The molecule has 2 N–H and O–H groups in total. The van der Waals surface area contributed by atoms with E-state index in [1.54, 1.807) is 18.3 Å². The fraction of sp³-hybridized carbons (Fsp3) is 0.250. The minimum Gasteiger partial charge on any atom is -0.435 e. The van der Waals surface area contributed by atoms with Gasteiger partial charge in [0, 0.05) is 22.7 Å². The molecule has 0 fully saturated rings. The monoisotopic (exact) mass is 270 g/mol. The Morgan fingerprint density at radius 2 is 1.94 bits per heavy atom. The van der Waals surface area contributed by atoms with Crippen LogP contribution in [0.15, 0.2) is 30.5 Å². The number of nitrogens with two attached hydrogens (primary N) is 1. The van der Waals surface area contributed by atoms with Gasteiger partial charge in [0.05, 0.1) is 0 Å². The molecule has 3 nitrogen and oxygen atoms in total. The lowest BCUT2D eigenvalue weighted by molar-refractivity contribution is -0.0498. The highest BCUT2D eigenvalue weighted by Crippen LogP contribution is 2.29. The van der Waals surface area contributed by atoms with Crippen LogP contribution in [0.1, 0.15) is 17.8 Å². The molecule has 96 valence electrons. The molecule has 0 aliphatic carbocycles. The van der Waals surface area contributed by atoms with Gasteiger partial charge in [-0.3, -0.25) is 0 Å². The topological polar surface area (TPSA) is 48.1 Å². The fourth-order valence-electron chi connectivity index (χ4n) is 1.41. The molecule has 2 aromatic rings. The summed E-state index contributed by atoms with van der Waals surface area (Å²) < 4.78 is 28.3. The first-order chi connectivity index (χ1) is 8.56. The third-order valence-corrected chi connectivity index (χ3v) is 3.55. The number of rotatable bonds is 4. The summed E-state index contributed by atoms with van der Waals surface area (Å²) in [4.78, 5) is 5.23. The zero-order valence-corrected chi connectivity index (χ0v) is 10.5. The van der Waals surface area contributed by atoms with Crippen molar-refractivity contribution in [2.45, 2.75) is 19.6 Å². The highest BCUT2D eigenvalue weighted by Gasteiger charge is 2.09. The van der Waals surface area contributed by atoms with Gasteiger partial charge >= 0.3 is 6.61 Å². The van der Waals surface area contributed by atoms with Crippen LogP contribution in [0.5, 0.6) is 5.75 Å². The van der Waals surface area contributed by atoms with Gasteiger partial charge in [-0.2, -0.15) is 8.78 Å². The summed E-state index contributed by atoms with van der Waals surface area (Å²) in [7, 11) is 0. The Balaban J connectivity index is 2.17. The Hall–Kier alpha value is -1.53. The molecule has 1 unspecified atom stereocenters. The average Bonchev–Trinajstić information content (AvgIpc) is 2.78. The zero-order chi connectivity index (χ0) is 13.1. The molecule has 18 heavy (non-hydrogen) atoms. The van der Waals surface area contributed by atoms with E-state index in [4.69, 9.17) is 5.73 Å². The molecule has 1 aromatic carbocycles. The Morgan fingerprint density at radius 1 is 1.28 bits per heavy atom. The minimum atomic E-state index is -2.81. The van der Waals surface area contributed by atoms with Crippen LogP contribution < -0.4 is 10.5 Å². The van der Waals surface area contributed by atoms with Crippen molar-refractivity contribution >= 4 is 11.3 Å². The number of hydrogen-bond donors (Lipinski definition) is 1. The molecular formula is C12H12F2N2OS. The predicted octanol–water partition coefficient (Wildman–Crippen LogP) is 3.43. The predicted molar refractivity (Wildman–Crippen MR) is 66.8 cm³/mol. The van der Waals surface area contributed by atoms with Crippen LogP contribution in [0.3, 0.4) is 0 Å². The van der Waals surface area contributed by atoms with Crippen LogP contribution in [0.2, 0.25) is 0 Å². The second-order valence-corrected chi connectivity index (χ2v) is 4.82. The Kier molecular flexibility index (Phi) is 3.88. The van der Waals surface area contributed by atoms with Crippen molar-refractivity contribution < 1.29 is 13.5 Å². The number of hydrogen-bond acceptors (Lipinski definition) is 4. The van der Waals surface area contributed by atoms with Gasteiger partial charge in [0.1, 0.15) is 10.8 Å². The molecule has 1 heterocycles. The number of benzene rings is 1. The minimum absolute atomic E-state index is 0.0577. The molecule has 1 atom stereocenters. The largest absolute Gasteiger partial charge is 0.435 e. The van der Waals surface area contributed by atoms with Gasteiger partial charge in [-0.05, 0) is 31.2 Å². The Morgan fingerprint density at radius 3 is 2.44 bits per heavy atom. The standard InChI is InChI=1S/C12H12F2N2OS/c1-7(15)10-6-16-11(18-10)8-2-4-9(5-3-8)17-12(13)14/h2-7,12H,15H2,1H3. The summed E-state index contributed by atoms with van der Waals surface area (Å²) in [6.45, 7) is -0.919. The molecule has 0 bridgehead atoms. The maximum absolute atomic E-state index is 12.0. The summed E-state index contributed by atoms with van der Waals surface area (Å²) in [6.07, 6.45) is 1.73. The first-order valence-corrected chi connectivity index (χ1v) is 6.14. The van der Waals surface area contributed by atoms with E-state index >= 15 is 0 Å². The molecule has 0 spiro atoms. The second kappa shape index (κ2) is 5.41. The van der Waals surface area contributed by atoms with E-state index in [1.807, 2.05) is 6.92 Å². The van der Waals surface area contributed by atoms with Gasteiger partial charge in [-0.15, -0.1) is 11.3 Å². The molecule has 2 rings (SSSR count). The van der Waals surface area contributed by atoms with Crippen molar-refractivity contribution in [1.82, 2.24) is 4.98 Å². The number of thiazole rings is 1. The number of halogens is 2. The van der Waals surface area contributed by atoms with Crippen molar-refractivity contribution in [1.29, 1.82) is 0 Å². The summed E-state index contributed by atoms with van der Waals surface area (Å²) in [5.74, 6) is 0.137. The highest BCUT2D eigenvalue weighted by molar-refractivity contribution is 7.15. The number of ether oxygens (including phenoxy) is 1. The SMILES string of the molecule is CC(N)c1cnc(-c2ccc(OC(F)F)cc2)s1. The number of alkyl halides is 2. The van der Waals surface area contributed by atoms with E-state index in [0.717, 1.165) is 15.4 Å². The smallest absolute Gasteiger partial charge is 0.387 e. The highest BCUT2D eigenvalue weighted by atomic mass is 32.1. The second-order valence-electron chi connectivity index (χ2n) is 3.76. The van der Waals surface area contributed by atoms with E-state index in [9.17, 15) is 8.78 Å². The van der Waals surface area contributed by atoms with Crippen LogP contribution in [0, 0.1) is 0 Å². The van der Waals surface area contributed by atoms with Gasteiger partial charge in [-0.25, -0.2) is 4.98 Å². The van der Waals surface area contributed by atoms with Gasteiger partial charge in [0.2, 0.25) is 0 Å². The van der Waals surface area contributed by atoms with Crippen molar-refractivity contribution in [3.05, 3.63) is 35.3 Å². The third-order valence-electron chi connectivity index (χ3n) is 2.30. The molecule has 0 aliphatic rings. The lowest BCUT2D eigenvalue weighted by Crippen LogP contribution is -2.01. The van der Waals surface area contributed by atoms with Crippen molar-refractivity contribution in [3.8, 4) is 16.3 Å². The average molecular weight is 270 g/mol. The maximum Gasteiger partial charge on any atom is 0.387 e. The van der Waals surface area contributed by atoms with Crippen LogP contribution in [0.4, 0.5) is 8.78 Å². The number of aromatic nitrogens is 1. The van der Waals surface area contributed by atoms with E-state index in [2.05, 4.69) is 9.72 Å². The quantitative estimate of drug-likeness (QED) is 0.925. The fourth-order valence-corrected chi connectivity index (χ4v) is 2.28. The molecule has 0 amide bonds. The van der Waals surface area contributed by atoms with E-state index in [1.165, 1.54) is 23.5 Å². The van der Waals surface area contributed by atoms with Crippen LogP contribution in [0.25, 0.3) is 10.6 Å². The molecule has 0 aliphatic heterocycles. The van der Waals surface area contributed by atoms with Crippen molar-refractivity contribution in [2.75, 3.05) is 0 Å². The van der Waals surface area contributed by atoms with Gasteiger partial charge < -0.3 is 10.5 Å². The third kappa shape index (κ3) is 3.02. The molecule has 0 radical (unpaired) electrons. The van der Waals surface area contributed by atoms with E-state index in [0.29, 0.717) is 0 Å². The summed E-state index contributed by atoms with van der Waals surface area (Å²) in [5.41, 5.74) is 6.61.